The van der Waals surface area contributed by atoms with Crippen LogP contribution in [0.25, 0.3) is 0 Å². The van der Waals surface area contributed by atoms with Crippen molar-refractivity contribution in [3.63, 3.8) is 0 Å². The van der Waals surface area contributed by atoms with E-state index in [1.54, 1.807) is 12.1 Å². The number of carbonyl (C=O) groups excluding carboxylic acids is 1. The fraction of sp³-hybridized carbons (Fsp3) is 0.533. The predicted octanol–water partition coefficient (Wildman–Crippen LogP) is 0.227. The number of nitro benzene ring substituents is 1. The number of nitro groups is 1. The molecule has 0 aromatic heterocycles. The molecule has 8 nitrogen and oxygen atoms in total. The average molecular weight is 319 g/mol. The molecule has 0 spiro atoms. The average Bonchev–Trinajstić information content (AvgIpc) is 2.99. The molecule has 23 heavy (non-hydrogen) atoms. The number of hydrogen-bond donors (Lipinski definition) is 4. The number of benzene rings is 1. The van der Waals surface area contributed by atoms with Gasteiger partial charge >= 0.3 is 0 Å². The van der Waals surface area contributed by atoms with Crippen molar-refractivity contribution in [1.82, 2.24) is 21.5 Å². The fourth-order valence-corrected chi connectivity index (χ4v) is 3.27. The monoisotopic (exact) mass is 319 g/mol. The molecule has 0 aliphatic carbocycles. The molecule has 0 saturated carbocycles. The summed E-state index contributed by atoms with van der Waals surface area (Å²) in [6.07, 6.45) is 0.988. The van der Waals surface area contributed by atoms with Gasteiger partial charge in [-0.1, -0.05) is 12.1 Å². The van der Waals surface area contributed by atoms with Crippen LogP contribution in [0.2, 0.25) is 0 Å². The smallest absolute Gasteiger partial charge is 0.269 e. The fourth-order valence-electron chi connectivity index (χ4n) is 3.27. The molecule has 0 radical (unpaired) electrons. The summed E-state index contributed by atoms with van der Waals surface area (Å²) in [6, 6.07) is 6.07. The third-order valence-electron chi connectivity index (χ3n) is 4.60. The van der Waals surface area contributed by atoms with Crippen molar-refractivity contribution in [2.24, 2.45) is 5.92 Å². The Morgan fingerprint density at radius 2 is 2.26 bits per heavy atom. The van der Waals surface area contributed by atoms with Crippen molar-refractivity contribution in [1.29, 1.82) is 0 Å². The molecule has 2 saturated heterocycles. The Morgan fingerprint density at radius 3 is 3.04 bits per heavy atom. The molecule has 2 aliphatic heterocycles. The van der Waals surface area contributed by atoms with Gasteiger partial charge < -0.3 is 10.6 Å². The van der Waals surface area contributed by atoms with Crippen LogP contribution in [-0.4, -0.2) is 36.0 Å². The largest absolute Gasteiger partial charge is 0.348 e. The third-order valence-corrected chi connectivity index (χ3v) is 4.60. The Hall–Kier alpha value is -2.03. The van der Waals surface area contributed by atoms with Crippen LogP contribution >= 0.6 is 0 Å². The van der Waals surface area contributed by atoms with Crippen LogP contribution in [0.3, 0.4) is 0 Å². The lowest BCUT2D eigenvalue weighted by atomic mass is 9.89. The van der Waals surface area contributed by atoms with Gasteiger partial charge in [0, 0.05) is 30.6 Å². The highest BCUT2D eigenvalue weighted by Crippen LogP contribution is 2.22. The summed E-state index contributed by atoms with van der Waals surface area (Å²) in [5.41, 5.74) is 7.01. The van der Waals surface area contributed by atoms with E-state index in [-0.39, 0.29) is 29.6 Å². The Kier molecular flexibility index (Phi) is 4.56. The first-order chi connectivity index (χ1) is 11.1. The highest BCUT2D eigenvalue weighted by Gasteiger charge is 2.41. The van der Waals surface area contributed by atoms with E-state index in [4.69, 9.17) is 0 Å². The van der Waals surface area contributed by atoms with Gasteiger partial charge in [0.05, 0.1) is 11.0 Å². The van der Waals surface area contributed by atoms with Crippen LogP contribution in [0.4, 0.5) is 5.69 Å². The summed E-state index contributed by atoms with van der Waals surface area (Å²) < 4.78 is 0. The second-order valence-corrected chi connectivity index (χ2v) is 6.11. The maximum Gasteiger partial charge on any atom is 0.269 e. The molecule has 2 fully saturated rings. The molecule has 4 N–H and O–H groups in total. The first kappa shape index (κ1) is 15.9. The zero-order valence-electron chi connectivity index (χ0n) is 12.9. The highest BCUT2D eigenvalue weighted by atomic mass is 16.6. The lowest BCUT2D eigenvalue weighted by Gasteiger charge is -2.28. The summed E-state index contributed by atoms with van der Waals surface area (Å²) in [7, 11) is 0. The highest BCUT2D eigenvalue weighted by molar-refractivity contribution is 5.83. The molecule has 0 bridgehead atoms. The molecule has 4 unspecified atom stereocenters. The minimum Gasteiger partial charge on any atom is -0.348 e. The van der Waals surface area contributed by atoms with Crippen molar-refractivity contribution in [2.75, 3.05) is 13.1 Å². The number of amides is 1. The number of nitrogens with zero attached hydrogens (tertiary/aromatic N) is 1. The van der Waals surface area contributed by atoms with Crippen LogP contribution in [0, 0.1) is 16.0 Å². The van der Waals surface area contributed by atoms with Crippen LogP contribution in [0.1, 0.15) is 24.9 Å². The van der Waals surface area contributed by atoms with E-state index in [2.05, 4.69) is 21.5 Å². The lowest BCUT2D eigenvalue weighted by molar-refractivity contribution is -0.384. The van der Waals surface area contributed by atoms with E-state index in [1.807, 2.05) is 6.92 Å². The first-order valence-corrected chi connectivity index (χ1v) is 7.83. The molecule has 2 aliphatic rings. The molecular weight excluding hydrogens is 298 g/mol. The number of rotatable bonds is 4. The van der Waals surface area contributed by atoms with Gasteiger partial charge in [0.2, 0.25) is 5.91 Å². The standard InChI is InChI=1S/C15H21N5O3/c1-9(10-3-2-4-11(7-10)20(22)23)17-15(21)14-12-8-16-6-5-13(12)18-19-14/h2-4,7,9,12-14,16,18-19H,5-6,8H2,1H3,(H,17,21). The Labute approximate surface area is 134 Å². The zero-order chi connectivity index (χ0) is 16.4. The van der Waals surface area contributed by atoms with Gasteiger partial charge in [-0.05, 0) is 25.5 Å². The number of nitrogens with one attached hydrogen (secondary N) is 4. The number of hydrogen-bond acceptors (Lipinski definition) is 6. The summed E-state index contributed by atoms with van der Waals surface area (Å²) in [6.45, 7) is 3.58. The lowest BCUT2D eigenvalue weighted by Crippen LogP contribution is -2.49. The maximum absolute atomic E-state index is 12.5. The predicted molar refractivity (Wildman–Crippen MR) is 84.5 cm³/mol. The molecule has 4 atom stereocenters. The van der Waals surface area contributed by atoms with Crippen molar-refractivity contribution >= 4 is 11.6 Å². The van der Waals surface area contributed by atoms with E-state index in [0.717, 1.165) is 25.1 Å². The van der Waals surface area contributed by atoms with Crippen molar-refractivity contribution in [3.05, 3.63) is 39.9 Å². The number of non-ortho nitro benzene ring substituents is 1. The van der Waals surface area contributed by atoms with Crippen LogP contribution in [0.5, 0.6) is 0 Å². The van der Waals surface area contributed by atoms with Gasteiger partial charge in [-0.25, -0.2) is 5.43 Å². The topological polar surface area (TPSA) is 108 Å². The summed E-state index contributed by atoms with van der Waals surface area (Å²) in [5, 5.41) is 17.1. The second-order valence-electron chi connectivity index (χ2n) is 6.11. The van der Waals surface area contributed by atoms with Crippen LogP contribution in [0.15, 0.2) is 24.3 Å². The summed E-state index contributed by atoms with van der Waals surface area (Å²) in [4.78, 5) is 23.0. The van der Waals surface area contributed by atoms with Crippen molar-refractivity contribution in [2.45, 2.75) is 31.5 Å². The van der Waals surface area contributed by atoms with Gasteiger partial charge in [-0.15, -0.1) is 0 Å². The number of carbonyl (C=O) groups is 1. The molecule has 3 rings (SSSR count). The maximum atomic E-state index is 12.5. The van der Waals surface area contributed by atoms with Crippen LogP contribution < -0.4 is 21.5 Å². The SMILES string of the molecule is CC(NC(=O)C1NNC2CCNCC21)c1cccc([N+](=O)[O-])c1. The summed E-state index contributed by atoms with van der Waals surface area (Å²) >= 11 is 0. The summed E-state index contributed by atoms with van der Waals surface area (Å²) in [5.74, 6) is 0.119. The molecule has 1 aromatic carbocycles. The van der Waals surface area contributed by atoms with E-state index in [0.29, 0.717) is 6.04 Å². The van der Waals surface area contributed by atoms with E-state index in [9.17, 15) is 14.9 Å². The van der Waals surface area contributed by atoms with Crippen molar-refractivity contribution in [3.8, 4) is 0 Å². The molecule has 8 heteroatoms. The first-order valence-electron chi connectivity index (χ1n) is 7.83. The minimum atomic E-state index is -0.432. The molecular formula is C15H21N5O3. The zero-order valence-corrected chi connectivity index (χ0v) is 12.9. The van der Waals surface area contributed by atoms with E-state index < -0.39 is 4.92 Å². The van der Waals surface area contributed by atoms with Gasteiger partial charge in [-0.3, -0.25) is 20.3 Å². The minimum absolute atomic E-state index is 0.0285. The quantitative estimate of drug-likeness (QED) is 0.467. The van der Waals surface area contributed by atoms with Gasteiger partial charge in [-0.2, -0.15) is 0 Å². The number of fused-ring (bicyclic) bond motifs is 1. The third kappa shape index (κ3) is 3.34. The Bertz CT molecular complexity index is 609. The molecule has 124 valence electrons. The Morgan fingerprint density at radius 1 is 1.43 bits per heavy atom. The van der Waals surface area contributed by atoms with Crippen LogP contribution in [-0.2, 0) is 4.79 Å². The number of hydrazine groups is 1. The van der Waals surface area contributed by atoms with E-state index >= 15 is 0 Å². The Balaban J connectivity index is 1.65. The molecule has 1 aromatic rings. The van der Waals surface area contributed by atoms with Gasteiger partial charge in [0.25, 0.3) is 5.69 Å². The van der Waals surface area contributed by atoms with E-state index in [1.165, 1.54) is 12.1 Å². The van der Waals surface area contributed by atoms with Crippen molar-refractivity contribution < 1.29 is 9.72 Å². The second kappa shape index (κ2) is 6.61. The van der Waals surface area contributed by atoms with Gasteiger partial charge in [0.1, 0.15) is 6.04 Å². The van der Waals surface area contributed by atoms with Gasteiger partial charge in [0.15, 0.2) is 0 Å². The number of piperidine rings is 1. The molecule has 2 heterocycles. The molecule has 1 amide bonds. The normalized spacial score (nSPS) is 28.0.